The summed E-state index contributed by atoms with van der Waals surface area (Å²) in [6, 6.07) is 7.43. The van der Waals surface area contributed by atoms with Crippen molar-refractivity contribution in [3.05, 3.63) is 47.4 Å². The first-order chi connectivity index (χ1) is 10.1. The zero-order valence-corrected chi connectivity index (χ0v) is 12.3. The summed E-state index contributed by atoms with van der Waals surface area (Å²) >= 11 is 5.94. The van der Waals surface area contributed by atoms with Gasteiger partial charge in [-0.3, -0.25) is 4.79 Å². The molecule has 0 aromatic heterocycles. The van der Waals surface area contributed by atoms with Crippen molar-refractivity contribution in [3.63, 3.8) is 0 Å². The molecule has 0 atom stereocenters. The van der Waals surface area contributed by atoms with Gasteiger partial charge in [-0.1, -0.05) is 11.6 Å². The van der Waals surface area contributed by atoms with Crippen LogP contribution >= 0.6 is 11.6 Å². The molecule has 1 aromatic rings. The van der Waals surface area contributed by atoms with Crippen LogP contribution in [0.3, 0.4) is 0 Å². The molecule has 0 spiro atoms. The molecule has 2 aliphatic rings. The van der Waals surface area contributed by atoms with Crippen LogP contribution in [0.15, 0.2) is 36.8 Å². The summed E-state index contributed by atoms with van der Waals surface area (Å²) in [7, 11) is 0. The number of benzene rings is 1. The summed E-state index contributed by atoms with van der Waals surface area (Å²) < 4.78 is 11.6. The highest BCUT2D eigenvalue weighted by molar-refractivity contribution is 6.30. The minimum atomic E-state index is -0.839. The van der Waals surface area contributed by atoms with E-state index in [0.717, 1.165) is 18.4 Å². The normalized spacial score (nSPS) is 26.9. The Labute approximate surface area is 128 Å². The molecule has 0 bridgehead atoms. The first-order valence-corrected chi connectivity index (χ1v) is 7.49. The Morgan fingerprint density at radius 1 is 1.10 bits per heavy atom. The fraction of sp³-hybridized carbons (Fsp3) is 0.438. The zero-order chi connectivity index (χ0) is 14.9. The maximum absolute atomic E-state index is 11.1. The lowest BCUT2D eigenvalue weighted by Gasteiger charge is -2.39. The molecule has 1 aliphatic heterocycles. The van der Waals surface area contributed by atoms with Gasteiger partial charge >= 0.3 is 5.97 Å². The number of hydrogen-bond acceptors (Lipinski definition) is 3. The molecule has 112 valence electrons. The third-order valence-corrected chi connectivity index (χ3v) is 4.65. The van der Waals surface area contributed by atoms with E-state index in [1.54, 1.807) is 12.5 Å². The van der Waals surface area contributed by atoms with Crippen LogP contribution in [0.5, 0.6) is 0 Å². The van der Waals surface area contributed by atoms with Gasteiger partial charge in [0, 0.05) is 16.5 Å². The van der Waals surface area contributed by atoms with Crippen LogP contribution < -0.4 is 0 Å². The first-order valence-electron chi connectivity index (χ1n) is 7.11. The molecule has 0 amide bonds. The van der Waals surface area contributed by atoms with Crippen LogP contribution in [0, 0.1) is 11.8 Å². The summed E-state index contributed by atoms with van der Waals surface area (Å²) in [5.41, 5.74) is 0.913. The van der Waals surface area contributed by atoms with E-state index in [9.17, 15) is 4.79 Å². The van der Waals surface area contributed by atoms with Crippen LogP contribution in [0.2, 0.25) is 5.02 Å². The smallest absolute Gasteiger partial charge is 0.306 e. The summed E-state index contributed by atoms with van der Waals surface area (Å²) in [4.78, 5) is 11.1. The highest BCUT2D eigenvalue weighted by Gasteiger charge is 2.47. The summed E-state index contributed by atoms with van der Waals surface area (Å²) in [5, 5.41) is 9.77. The molecule has 21 heavy (non-hydrogen) atoms. The number of carboxylic acids is 1. The molecule has 1 heterocycles. The highest BCUT2D eigenvalue weighted by atomic mass is 35.5. The molecule has 0 radical (unpaired) electrons. The van der Waals surface area contributed by atoms with Crippen molar-refractivity contribution < 1.29 is 19.4 Å². The molecule has 1 aromatic carbocycles. The van der Waals surface area contributed by atoms with Gasteiger partial charge in [-0.2, -0.15) is 0 Å². The predicted molar refractivity (Wildman–Crippen MR) is 77.5 cm³/mol. The van der Waals surface area contributed by atoms with E-state index in [1.807, 2.05) is 24.3 Å². The molecule has 1 saturated carbocycles. The van der Waals surface area contributed by atoms with Crippen molar-refractivity contribution in [3.8, 4) is 0 Å². The second-order valence-electron chi connectivity index (χ2n) is 5.57. The first kappa shape index (κ1) is 14.3. The Kier molecular flexibility index (Phi) is 3.81. The van der Waals surface area contributed by atoms with E-state index in [1.165, 1.54) is 0 Å². The highest BCUT2D eigenvalue weighted by Crippen LogP contribution is 2.46. The van der Waals surface area contributed by atoms with E-state index < -0.39 is 11.8 Å². The van der Waals surface area contributed by atoms with Crippen molar-refractivity contribution in [1.29, 1.82) is 0 Å². The van der Waals surface area contributed by atoms with E-state index in [2.05, 4.69) is 0 Å². The molecule has 0 unspecified atom stereocenters. The number of carbonyl (C=O) groups is 1. The van der Waals surface area contributed by atoms with Crippen LogP contribution in [0.25, 0.3) is 0 Å². The van der Waals surface area contributed by atoms with Gasteiger partial charge < -0.3 is 14.6 Å². The van der Waals surface area contributed by atoms with Gasteiger partial charge in [0.25, 0.3) is 5.79 Å². The van der Waals surface area contributed by atoms with Gasteiger partial charge in [0.05, 0.1) is 5.92 Å². The van der Waals surface area contributed by atoms with Crippen molar-refractivity contribution in [1.82, 2.24) is 0 Å². The third kappa shape index (κ3) is 2.60. The van der Waals surface area contributed by atoms with Crippen molar-refractivity contribution in [2.45, 2.75) is 31.5 Å². The predicted octanol–water partition coefficient (Wildman–Crippen LogP) is 3.90. The molecular weight excluding hydrogens is 292 g/mol. The molecule has 3 rings (SSSR count). The standard InChI is InChI=1S/C16H17ClO4/c17-14-7-5-13(6-8-14)16(20-9-10-21-16)12-3-1-11(2-4-12)15(18)19/h5-12H,1-4H2,(H,18,19). The fourth-order valence-corrected chi connectivity index (χ4v) is 3.38. The lowest BCUT2D eigenvalue weighted by atomic mass is 9.76. The van der Waals surface area contributed by atoms with E-state index in [4.69, 9.17) is 26.2 Å². The van der Waals surface area contributed by atoms with Crippen molar-refractivity contribution in [2.75, 3.05) is 0 Å². The Balaban J connectivity index is 1.82. The lowest BCUT2D eigenvalue weighted by Crippen LogP contribution is -2.39. The number of carboxylic acid groups (broad SMARTS) is 1. The second kappa shape index (κ2) is 5.60. The number of rotatable bonds is 3. The zero-order valence-electron chi connectivity index (χ0n) is 11.5. The van der Waals surface area contributed by atoms with Gasteiger partial charge in [0.1, 0.15) is 12.5 Å². The van der Waals surface area contributed by atoms with E-state index >= 15 is 0 Å². The fourth-order valence-electron chi connectivity index (χ4n) is 3.25. The third-order valence-electron chi connectivity index (χ3n) is 4.40. The SMILES string of the molecule is O=C(O)C1CCC(C2(c3ccc(Cl)cc3)OC=CO2)CC1. The number of aliphatic carboxylic acids is 1. The molecule has 1 aliphatic carbocycles. The van der Waals surface area contributed by atoms with Gasteiger partial charge in [-0.25, -0.2) is 0 Å². The van der Waals surface area contributed by atoms with E-state index in [0.29, 0.717) is 17.9 Å². The molecule has 0 saturated heterocycles. The van der Waals surface area contributed by atoms with Crippen LogP contribution in [0.1, 0.15) is 31.2 Å². The number of ether oxygens (including phenoxy) is 2. The molecular formula is C16H17ClO4. The van der Waals surface area contributed by atoms with E-state index in [-0.39, 0.29) is 11.8 Å². The monoisotopic (exact) mass is 308 g/mol. The number of hydrogen-bond donors (Lipinski definition) is 1. The summed E-state index contributed by atoms with van der Waals surface area (Å²) in [6.07, 6.45) is 5.95. The Morgan fingerprint density at radius 3 is 2.19 bits per heavy atom. The van der Waals surface area contributed by atoms with Gasteiger partial charge in [-0.15, -0.1) is 0 Å². The minimum Gasteiger partial charge on any atom is -0.481 e. The average Bonchev–Trinajstić information content (AvgIpc) is 2.99. The van der Waals surface area contributed by atoms with Gasteiger partial charge in [-0.05, 0) is 49.9 Å². The second-order valence-corrected chi connectivity index (χ2v) is 6.01. The molecule has 1 fully saturated rings. The lowest BCUT2D eigenvalue weighted by molar-refractivity contribution is -0.201. The molecule has 4 nitrogen and oxygen atoms in total. The van der Waals surface area contributed by atoms with Crippen LogP contribution in [-0.4, -0.2) is 11.1 Å². The average molecular weight is 309 g/mol. The maximum atomic E-state index is 11.1. The van der Waals surface area contributed by atoms with Crippen LogP contribution in [-0.2, 0) is 20.1 Å². The molecule has 5 heteroatoms. The minimum absolute atomic E-state index is 0.129. The Bertz CT molecular complexity index is 536. The van der Waals surface area contributed by atoms with Gasteiger partial charge in [0.15, 0.2) is 0 Å². The topological polar surface area (TPSA) is 55.8 Å². The number of halogens is 1. The molecule has 1 N–H and O–H groups in total. The Morgan fingerprint density at radius 2 is 1.67 bits per heavy atom. The van der Waals surface area contributed by atoms with Crippen molar-refractivity contribution in [2.24, 2.45) is 11.8 Å². The Hall–Kier alpha value is -1.68. The van der Waals surface area contributed by atoms with Crippen LogP contribution in [0.4, 0.5) is 0 Å². The van der Waals surface area contributed by atoms with Crippen molar-refractivity contribution >= 4 is 17.6 Å². The maximum Gasteiger partial charge on any atom is 0.306 e. The largest absolute Gasteiger partial charge is 0.481 e. The van der Waals surface area contributed by atoms with Gasteiger partial charge in [0.2, 0.25) is 0 Å². The summed E-state index contributed by atoms with van der Waals surface area (Å²) in [6.45, 7) is 0. The summed E-state index contributed by atoms with van der Waals surface area (Å²) in [5.74, 6) is -1.67. The quantitative estimate of drug-likeness (QED) is 0.920.